The maximum atomic E-state index is 6.62. The highest BCUT2D eigenvalue weighted by Gasteiger charge is 2.43. The molecule has 0 bridgehead atoms. The number of fused-ring (bicyclic) bond motifs is 6. The molecule has 3 heterocycles. The van der Waals surface area contributed by atoms with Crippen LogP contribution < -0.4 is 20.5 Å². The Kier molecular flexibility index (Phi) is 3.08. The van der Waals surface area contributed by atoms with E-state index in [1.807, 2.05) is 12.1 Å². The van der Waals surface area contributed by atoms with Crippen LogP contribution in [0.4, 0.5) is 17.1 Å². The Balaban J connectivity index is 1.65. The van der Waals surface area contributed by atoms with Gasteiger partial charge in [-0.25, -0.2) is 0 Å². The molecule has 3 nitrogen and oxygen atoms in total. The number of hydrogen-bond donors (Lipinski definition) is 0. The standard InChI is InChI=1S/C26H16BNO2/c1-2-8-17(9-3-1)28-21-12-6-5-11-20(21)27-26-22(28)16-24-19(14-15-29-24)25(26)18-10-4-7-13-23(18)30-27/h1-16H. The summed E-state index contributed by atoms with van der Waals surface area (Å²) < 4.78 is 12.5. The number of anilines is 3. The van der Waals surface area contributed by atoms with Crippen LogP contribution in [-0.2, 0) is 0 Å². The fourth-order valence-electron chi connectivity index (χ4n) is 4.93. The van der Waals surface area contributed by atoms with Gasteiger partial charge in [-0.1, -0.05) is 54.6 Å². The molecular formula is C26H16BNO2. The summed E-state index contributed by atoms with van der Waals surface area (Å²) >= 11 is 0. The van der Waals surface area contributed by atoms with Gasteiger partial charge in [-0.3, -0.25) is 0 Å². The first kappa shape index (κ1) is 15.9. The quantitative estimate of drug-likeness (QED) is 0.362. The van der Waals surface area contributed by atoms with Crippen molar-refractivity contribution in [1.82, 2.24) is 0 Å². The molecule has 2 aliphatic heterocycles. The summed E-state index contributed by atoms with van der Waals surface area (Å²) in [5.74, 6) is 0.914. The van der Waals surface area contributed by atoms with Gasteiger partial charge in [0.05, 0.1) is 6.26 Å². The second kappa shape index (κ2) is 5.80. The predicted octanol–water partition coefficient (Wildman–Crippen LogP) is 5.38. The summed E-state index contributed by atoms with van der Waals surface area (Å²) in [6.07, 6.45) is 1.78. The molecule has 4 aromatic carbocycles. The molecule has 4 heteroatoms. The normalized spacial score (nSPS) is 13.5. The monoisotopic (exact) mass is 385 g/mol. The van der Waals surface area contributed by atoms with Crippen LogP contribution >= 0.6 is 0 Å². The Morgan fingerprint density at radius 3 is 2.47 bits per heavy atom. The number of furan rings is 1. The van der Waals surface area contributed by atoms with Crippen molar-refractivity contribution in [2.24, 2.45) is 0 Å². The van der Waals surface area contributed by atoms with E-state index in [9.17, 15) is 0 Å². The number of nitrogens with zero attached hydrogens (tertiary/aromatic N) is 1. The molecule has 0 amide bonds. The largest absolute Gasteiger partial charge is 0.551 e. The van der Waals surface area contributed by atoms with Crippen LogP contribution in [0.5, 0.6) is 5.75 Å². The van der Waals surface area contributed by atoms with Crippen molar-refractivity contribution in [2.75, 3.05) is 4.90 Å². The molecular weight excluding hydrogens is 369 g/mol. The van der Waals surface area contributed by atoms with E-state index in [1.165, 1.54) is 16.5 Å². The molecule has 0 aliphatic carbocycles. The molecule has 5 aromatic rings. The van der Waals surface area contributed by atoms with E-state index in [2.05, 4.69) is 83.8 Å². The molecule has 0 unspecified atom stereocenters. The van der Waals surface area contributed by atoms with Gasteiger partial charge in [-0.2, -0.15) is 0 Å². The van der Waals surface area contributed by atoms with Crippen LogP contribution in [0.2, 0.25) is 0 Å². The van der Waals surface area contributed by atoms with Gasteiger partial charge < -0.3 is 14.0 Å². The molecule has 140 valence electrons. The van der Waals surface area contributed by atoms with Crippen molar-refractivity contribution < 1.29 is 9.07 Å². The molecule has 30 heavy (non-hydrogen) atoms. The zero-order chi connectivity index (χ0) is 19.7. The topological polar surface area (TPSA) is 25.6 Å². The van der Waals surface area contributed by atoms with Crippen molar-refractivity contribution in [1.29, 1.82) is 0 Å². The van der Waals surface area contributed by atoms with E-state index >= 15 is 0 Å². The lowest BCUT2D eigenvalue weighted by atomic mass is 9.49. The molecule has 7 rings (SSSR count). The van der Waals surface area contributed by atoms with Crippen molar-refractivity contribution >= 4 is 45.9 Å². The summed E-state index contributed by atoms with van der Waals surface area (Å²) in [5.41, 5.74) is 8.95. The lowest BCUT2D eigenvalue weighted by Gasteiger charge is -2.39. The van der Waals surface area contributed by atoms with E-state index in [4.69, 9.17) is 9.07 Å². The van der Waals surface area contributed by atoms with Crippen LogP contribution in [0.1, 0.15) is 0 Å². The number of benzene rings is 4. The Labute approximate surface area is 174 Å². The molecule has 0 saturated heterocycles. The third-order valence-corrected chi connectivity index (χ3v) is 6.16. The van der Waals surface area contributed by atoms with Crippen molar-refractivity contribution in [3.05, 3.63) is 97.3 Å². The predicted molar refractivity (Wildman–Crippen MR) is 122 cm³/mol. The van der Waals surface area contributed by atoms with Crippen molar-refractivity contribution in [3.8, 4) is 16.9 Å². The van der Waals surface area contributed by atoms with Crippen LogP contribution in [0.15, 0.2) is 102 Å². The van der Waals surface area contributed by atoms with E-state index in [0.717, 1.165) is 39.3 Å². The summed E-state index contributed by atoms with van der Waals surface area (Å²) in [4.78, 5) is 2.32. The summed E-state index contributed by atoms with van der Waals surface area (Å²) in [7, 11) is 0. The van der Waals surface area contributed by atoms with Gasteiger partial charge in [0.1, 0.15) is 11.3 Å². The molecule has 2 aliphatic rings. The molecule has 0 saturated carbocycles. The van der Waals surface area contributed by atoms with Gasteiger partial charge in [0.2, 0.25) is 0 Å². The summed E-state index contributed by atoms with van der Waals surface area (Å²) in [5, 5.41) is 1.13. The fraction of sp³-hybridized carbons (Fsp3) is 0. The minimum atomic E-state index is -0.152. The van der Waals surface area contributed by atoms with E-state index in [0.29, 0.717) is 0 Å². The maximum absolute atomic E-state index is 6.62. The average molecular weight is 385 g/mol. The first-order chi connectivity index (χ1) is 14.9. The van der Waals surface area contributed by atoms with Gasteiger partial charge in [0, 0.05) is 39.5 Å². The summed E-state index contributed by atoms with van der Waals surface area (Å²) in [6.45, 7) is -0.152. The zero-order valence-corrected chi connectivity index (χ0v) is 16.1. The zero-order valence-electron chi connectivity index (χ0n) is 16.1. The SMILES string of the molecule is c1ccc(N2c3ccccc3B3Oc4ccccc4-c4c3c2cc2occc42)cc1. The Bertz CT molecular complexity index is 1440. The molecule has 0 radical (unpaired) electrons. The Hall–Kier alpha value is -3.92. The minimum Gasteiger partial charge on any atom is -0.551 e. The lowest BCUT2D eigenvalue weighted by Crippen LogP contribution is -2.56. The molecule has 0 N–H and O–H groups in total. The van der Waals surface area contributed by atoms with Crippen LogP contribution in [0, 0.1) is 0 Å². The van der Waals surface area contributed by atoms with Gasteiger partial charge >= 0.3 is 6.92 Å². The van der Waals surface area contributed by atoms with Gasteiger partial charge in [0.25, 0.3) is 0 Å². The Morgan fingerprint density at radius 1 is 0.733 bits per heavy atom. The second-order valence-corrected chi connectivity index (χ2v) is 7.74. The van der Waals surface area contributed by atoms with Crippen LogP contribution in [0.25, 0.3) is 22.1 Å². The number of para-hydroxylation sites is 3. The highest BCUT2D eigenvalue weighted by Crippen LogP contribution is 2.45. The fourth-order valence-corrected chi connectivity index (χ4v) is 4.93. The first-order valence-electron chi connectivity index (χ1n) is 10.1. The highest BCUT2D eigenvalue weighted by molar-refractivity contribution is 6.86. The minimum absolute atomic E-state index is 0.152. The van der Waals surface area contributed by atoms with Gasteiger partial charge in [0.15, 0.2) is 0 Å². The first-order valence-corrected chi connectivity index (χ1v) is 10.1. The van der Waals surface area contributed by atoms with E-state index in [1.54, 1.807) is 6.26 Å². The highest BCUT2D eigenvalue weighted by atomic mass is 16.4. The molecule has 0 spiro atoms. The maximum Gasteiger partial charge on any atom is 0.431 e. The summed E-state index contributed by atoms with van der Waals surface area (Å²) in [6, 6.07) is 31.5. The third kappa shape index (κ3) is 2.00. The number of hydrogen-bond acceptors (Lipinski definition) is 3. The van der Waals surface area contributed by atoms with Crippen molar-refractivity contribution in [3.63, 3.8) is 0 Å². The third-order valence-electron chi connectivity index (χ3n) is 6.16. The molecule has 0 fully saturated rings. The van der Waals surface area contributed by atoms with E-state index in [-0.39, 0.29) is 6.92 Å². The number of rotatable bonds is 1. The second-order valence-electron chi connectivity index (χ2n) is 7.74. The smallest absolute Gasteiger partial charge is 0.431 e. The molecule has 1 aromatic heterocycles. The lowest BCUT2D eigenvalue weighted by molar-refractivity contribution is 0.590. The van der Waals surface area contributed by atoms with Crippen LogP contribution in [0.3, 0.4) is 0 Å². The van der Waals surface area contributed by atoms with Gasteiger partial charge in [-0.15, -0.1) is 0 Å². The molecule has 0 atom stereocenters. The Morgan fingerprint density at radius 2 is 1.53 bits per heavy atom. The van der Waals surface area contributed by atoms with Crippen molar-refractivity contribution in [2.45, 2.75) is 0 Å². The average Bonchev–Trinajstić information content (AvgIpc) is 3.28. The van der Waals surface area contributed by atoms with Crippen LogP contribution in [-0.4, -0.2) is 6.92 Å². The van der Waals surface area contributed by atoms with E-state index < -0.39 is 0 Å². The van der Waals surface area contributed by atoms with Gasteiger partial charge in [-0.05, 0) is 41.4 Å².